The zero-order valence-electron chi connectivity index (χ0n) is 8.84. The Labute approximate surface area is 111 Å². The summed E-state index contributed by atoms with van der Waals surface area (Å²) in [6, 6.07) is 4.76. The van der Waals surface area contributed by atoms with Gasteiger partial charge in [0.05, 0.1) is 10.7 Å². The van der Waals surface area contributed by atoms with E-state index in [0.29, 0.717) is 27.4 Å². The molecule has 2 rings (SSSR count). The molecule has 0 atom stereocenters. The minimum absolute atomic E-state index is 0.0253. The van der Waals surface area contributed by atoms with Crippen LogP contribution in [0.25, 0.3) is 11.3 Å². The first kappa shape index (κ1) is 12.3. The molecule has 1 aromatic carbocycles. The fraction of sp³-hybridized carbons (Fsp3) is 0.0909. The summed E-state index contributed by atoms with van der Waals surface area (Å²) in [6.07, 6.45) is 0. The zero-order valence-corrected chi connectivity index (χ0v) is 11.2. The number of halogens is 3. The van der Waals surface area contributed by atoms with Gasteiger partial charge in [-0.2, -0.15) is 0 Å². The molecular weight excluding hydrogens is 308 g/mol. The standard InChI is InChI=1S/C11H8BrClFN3/c1-5-16-8(4-9(15)17-5)6-2-3-7(12)10(13)11(6)14/h2-4H,1H3,(H2,15,16,17). The van der Waals surface area contributed by atoms with Crippen molar-refractivity contribution in [2.75, 3.05) is 5.73 Å². The highest BCUT2D eigenvalue weighted by atomic mass is 79.9. The summed E-state index contributed by atoms with van der Waals surface area (Å²) in [4.78, 5) is 8.06. The van der Waals surface area contributed by atoms with Gasteiger partial charge in [-0.15, -0.1) is 0 Å². The van der Waals surface area contributed by atoms with Crippen molar-refractivity contribution in [1.82, 2.24) is 9.97 Å². The monoisotopic (exact) mass is 315 g/mol. The lowest BCUT2D eigenvalue weighted by atomic mass is 10.1. The number of benzene rings is 1. The normalized spacial score (nSPS) is 10.6. The van der Waals surface area contributed by atoms with Crippen LogP contribution in [0.2, 0.25) is 5.02 Å². The molecular formula is C11H8BrClFN3. The first-order valence-electron chi connectivity index (χ1n) is 4.74. The largest absolute Gasteiger partial charge is 0.384 e. The summed E-state index contributed by atoms with van der Waals surface area (Å²) >= 11 is 8.97. The molecule has 0 saturated heterocycles. The van der Waals surface area contributed by atoms with Crippen molar-refractivity contribution < 1.29 is 4.39 Å². The molecule has 1 aromatic heterocycles. The number of nitrogen functional groups attached to an aromatic ring is 1. The van der Waals surface area contributed by atoms with E-state index in [1.165, 1.54) is 6.07 Å². The van der Waals surface area contributed by atoms with Crippen molar-refractivity contribution in [2.45, 2.75) is 6.92 Å². The minimum atomic E-state index is -0.529. The van der Waals surface area contributed by atoms with E-state index in [9.17, 15) is 4.39 Å². The van der Waals surface area contributed by atoms with Crippen molar-refractivity contribution in [3.63, 3.8) is 0 Å². The van der Waals surface area contributed by atoms with Gasteiger partial charge in [0.25, 0.3) is 0 Å². The van der Waals surface area contributed by atoms with Gasteiger partial charge in [0.2, 0.25) is 0 Å². The van der Waals surface area contributed by atoms with Crippen LogP contribution in [0.5, 0.6) is 0 Å². The van der Waals surface area contributed by atoms with Gasteiger partial charge in [-0.25, -0.2) is 14.4 Å². The molecule has 0 fully saturated rings. The van der Waals surface area contributed by atoms with Crippen LogP contribution in [0, 0.1) is 12.7 Å². The molecule has 2 aromatic rings. The third-order valence-corrected chi connectivity index (χ3v) is 3.43. The van der Waals surface area contributed by atoms with Crippen LogP contribution < -0.4 is 5.73 Å². The maximum absolute atomic E-state index is 13.9. The van der Waals surface area contributed by atoms with E-state index >= 15 is 0 Å². The average molecular weight is 317 g/mol. The molecule has 0 aliphatic rings. The molecule has 0 amide bonds. The fourth-order valence-electron chi connectivity index (χ4n) is 1.45. The van der Waals surface area contributed by atoms with Gasteiger partial charge >= 0.3 is 0 Å². The molecule has 0 unspecified atom stereocenters. The van der Waals surface area contributed by atoms with Gasteiger partial charge in [-0.05, 0) is 35.0 Å². The quantitative estimate of drug-likeness (QED) is 0.818. The van der Waals surface area contributed by atoms with Gasteiger partial charge in [-0.1, -0.05) is 11.6 Å². The van der Waals surface area contributed by atoms with E-state index in [0.717, 1.165) is 0 Å². The highest BCUT2D eigenvalue weighted by molar-refractivity contribution is 9.10. The summed E-state index contributed by atoms with van der Waals surface area (Å²) < 4.78 is 14.4. The average Bonchev–Trinajstić information content (AvgIpc) is 2.24. The minimum Gasteiger partial charge on any atom is -0.384 e. The van der Waals surface area contributed by atoms with Crippen molar-refractivity contribution in [3.05, 3.63) is 39.3 Å². The van der Waals surface area contributed by atoms with Gasteiger partial charge in [0.15, 0.2) is 5.82 Å². The van der Waals surface area contributed by atoms with Crippen LogP contribution >= 0.6 is 27.5 Å². The number of hydrogen-bond acceptors (Lipinski definition) is 3. The fourth-order valence-corrected chi connectivity index (χ4v) is 1.92. The van der Waals surface area contributed by atoms with Crippen LogP contribution in [-0.4, -0.2) is 9.97 Å². The first-order chi connectivity index (χ1) is 7.99. The molecule has 0 bridgehead atoms. The first-order valence-corrected chi connectivity index (χ1v) is 5.91. The summed E-state index contributed by atoms with van der Waals surface area (Å²) in [5.74, 6) is 0.253. The summed E-state index contributed by atoms with van der Waals surface area (Å²) in [5.41, 5.74) is 6.32. The zero-order chi connectivity index (χ0) is 12.6. The van der Waals surface area contributed by atoms with E-state index in [2.05, 4.69) is 25.9 Å². The molecule has 6 heteroatoms. The third-order valence-electron chi connectivity index (χ3n) is 2.17. The lowest BCUT2D eigenvalue weighted by Gasteiger charge is -2.07. The Bertz CT molecular complexity index is 569. The third kappa shape index (κ3) is 2.40. The number of hydrogen-bond donors (Lipinski definition) is 1. The smallest absolute Gasteiger partial charge is 0.152 e. The van der Waals surface area contributed by atoms with Crippen LogP contribution in [0.15, 0.2) is 22.7 Å². The Kier molecular flexibility index (Phi) is 3.31. The molecule has 0 saturated carbocycles. The molecule has 1 heterocycles. The Hall–Kier alpha value is -1.20. The molecule has 0 radical (unpaired) electrons. The highest BCUT2D eigenvalue weighted by Gasteiger charge is 2.13. The second kappa shape index (κ2) is 4.58. The van der Waals surface area contributed by atoms with Gasteiger partial charge in [0, 0.05) is 16.1 Å². The second-order valence-corrected chi connectivity index (χ2v) is 4.68. The Morgan fingerprint density at radius 2 is 2.06 bits per heavy atom. The molecule has 3 nitrogen and oxygen atoms in total. The lowest BCUT2D eigenvalue weighted by Crippen LogP contribution is -1.98. The second-order valence-electron chi connectivity index (χ2n) is 3.45. The molecule has 2 N–H and O–H groups in total. The van der Waals surface area contributed by atoms with Crippen molar-refractivity contribution in [1.29, 1.82) is 0 Å². The topological polar surface area (TPSA) is 51.8 Å². The molecule has 0 aliphatic heterocycles. The Balaban J connectivity index is 2.64. The van der Waals surface area contributed by atoms with E-state index in [4.69, 9.17) is 17.3 Å². The summed E-state index contributed by atoms with van der Waals surface area (Å²) in [5, 5.41) is 0.0253. The van der Waals surface area contributed by atoms with E-state index in [-0.39, 0.29) is 5.02 Å². The van der Waals surface area contributed by atoms with Crippen LogP contribution in [0.3, 0.4) is 0 Å². The van der Waals surface area contributed by atoms with Crippen molar-refractivity contribution in [2.24, 2.45) is 0 Å². The van der Waals surface area contributed by atoms with Gasteiger partial charge < -0.3 is 5.73 Å². The number of nitrogens with two attached hydrogens (primary N) is 1. The summed E-state index contributed by atoms with van der Waals surface area (Å²) in [6.45, 7) is 1.69. The predicted octanol–water partition coefficient (Wildman–Crippen LogP) is 3.59. The number of aryl methyl sites for hydroxylation is 1. The number of anilines is 1. The van der Waals surface area contributed by atoms with E-state index < -0.39 is 5.82 Å². The van der Waals surface area contributed by atoms with Crippen LogP contribution in [0.4, 0.5) is 10.2 Å². The van der Waals surface area contributed by atoms with Gasteiger partial charge in [-0.3, -0.25) is 0 Å². The van der Waals surface area contributed by atoms with E-state index in [1.54, 1.807) is 19.1 Å². The number of rotatable bonds is 1. The van der Waals surface area contributed by atoms with E-state index in [1.807, 2.05) is 0 Å². The van der Waals surface area contributed by atoms with Crippen molar-refractivity contribution in [3.8, 4) is 11.3 Å². The van der Waals surface area contributed by atoms with Gasteiger partial charge in [0.1, 0.15) is 11.6 Å². The van der Waals surface area contributed by atoms with Crippen molar-refractivity contribution >= 4 is 33.3 Å². The molecule has 0 spiro atoms. The molecule has 0 aliphatic carbocycles. The molecule has 17 heavy (non-hydrogen) atoms. The van der Waals surface area contributed by atoms with Crippen LogP contribution in [-0.2, 0) is 0 Å². The SMILES string of the molecule is Cc1nc(N)cc(-c2ccc(Br)c(Cl)c2F)n1. The Morgan fingerprint density at radius 3 is 2.71 bits per heavy atom. The Morgan fingerprint density at radius 1 is 1.35 bits per heavy atom. The maximum atomic E-state index is 13.9. The maximum Gasteiger partial charge on any atom is 0.152 e. The predicted molar refractivity (Wildman–Crippen MR) is 69.3 cm³/mol. The summed E-state index contributed by atoms with van der Waals surface area (Å²) in [7, 11) is 0. The lowest BCUT2D eigenvalue weighted by molar-refractivity contribution is 0.630. The molecule has 88 valence electrons. The number of nitrogens with zero attached hydrogens (tertiary/aromatic N) is 2. The highest BCUT2D eigenvalue weighted by Crippen LogP contribution is 2.32. The number of aromatic nitrogens is 2. The van der Waals surface area contributed by atoms with Crippen LogP contribution in [0.1, 0.15) is 5.82 Å².